The molecule has 1 rings (SSSR count). The maximum Gasteiger partial charge on any atom is 0.195 e. The summed E-state index contributed by atoms with van der Waals surface area (Å²) in [6.45, 7) is 4.56. The minimum absolute atomic E-state index is 0.359. The fourth-order valence-corrected chi connectivity index (χ4v) is 1.95. The maximum absolute atomic E-state index is 6.05. The van der Waals surface area contributed by atoms with Gasteiger partial charge in [-0.1, -0.05) is 31.4 Å². The van der Waals surface area contributed by atoms with E-state index in [1.165, 1.54) is 12.8 Å². The minimum Gasteiger partial charge on any atom is -0.483 e. The molecule has 0 aromatic carbocycles. The second-order valence-corrected chi connectivity index (χ2v) is 4.40. The molecular formula is C12H17ClN2OS. The lowest BCUT2D eigenvalue weighted by molar-refractivity contribution is 0.337. The lowest BCUT2D eigenvalue weighted by atomic mass is 10.2. The first-order valence-corrected chi connectivity index (χ1v) is 6.66. The fourth-order valence-electron chi connectivity index (χ4n) is 1.39. The Morgan fingerprint density at radius 3 is 2.76 bits per heavy atom. The first kappa shape index (κ1) is 14.3. The van der Waals surface area contributed by atoms with Crippen molar-refractivity contribution in [1.29, 1.82) is 0 Å². The van der Waals surface area contributed by atoms with E-state index in [0.29, 0.717) is 22.4 Å². The maximum atomic E-state index is 6.05. The molecule has 0 N–H and O–H groups in total. The Morgan fingerprint density at radius 1 is 1.41 bits per heavy atom. The molecule has 0 unspecified atom stereocenters. The number of ether oxygens (including phenoxy) is 1. The second kappa shape index (κ2) is 7.56. The number of rotatable bonds is 6. The zero-order valence-corrected chi connectivity index (χ0v) is 11.8. The fraction of sp³-hybridized carbons (Fsp3) is 0.583. The highest BCUT2D eigenvalue weighted by molar-refractivity contribution is 7.80. The first-order chi connectivity index (χ1) is 8.19. The van der Waals surface area contributed by atoms with Gasteiger partial charge in [-0.3, -0.25) is 0 Å². The monoisotopic (exact) mass is 272 g/mol. The zero-order valence-electron chi connectivity index (χ0n) is 10.2. The molecule has 17 heavy (non-hydrogen) atoms. The third kappa shape index (κ3) is 4.56. The van der Waals surface area contributed by atoms with E-state index in [4.69, 9.17) is 28.6 Å². The van der Waals surface area contributed by atoms with E-state index < -0.39 is 0 Å². The van der Waals surface area contributed by atoms with Crippen molar-refractivity contribution in [3.8, 4) is 0 Å². The molecule has 0 aliphatic rings. The molecule has 0 aliphatic heterocycles. The number of hydrogen-bond acceptors (Lipinski definition) is 4. The van der Waals surface area contributed by atoms with Crippen LogP contribution in [0.1, 0.15) is 44.5 Å². The molecular weight excluding hydrogens is 256 g/mol. The SMILES string of the molecule is CCCCCc1ncc(C(=S)OCC)c(Cl)n1. The van der Waals surface area contributed by atoms with Gasteiger partial charge in [-0.2, -0.15) is 0 Å². The molecule has 1 heterocycles. The summed E-state index contributed by atoms with van der Waals surface area (Å²) in [6.07, 6.45) is 5.95. The molecule has 5 heteroatoms. The number of unbranched alkanes of at least 4 members (excludes halogenated alkanes) is 2. The van der Waals surface area contributed by atoms with Crippen molar-refractivity contribution in [2.75, 3.05) is 6.61 Å². The van der Waals surface area contributed by atoms with E-state index in [9.17, 15) is 0 Å². The number of nitrogens with zero attached hydrogens (tertiary/aromatic N) is 2. The molecule has 0 amide bonds. The summed E-state index contributed by atoms with van der Waals surface area (Å²) in [4.78, 5) is 8.49. The summed E-state index contributed by atoms with van der Waals surface area (Å²) >= 11 is 11.1. The topological polar surface area (TPSA) is 35.0 Å². The van der Waals surface area contributed by atoms with Crippen molar-refractivity contribution in [2.24, 2.45) is 0 Å². The van der Waals surface area contributed by atoms with Crippen molar-refractivity contribution in [3.63, 3.8) is 0 Å². The summed E-state index contributed by atoms with van der Waals surface area (Å²) in [6, 6.07) is 0. The van der Waals surface area contributed by atoms with Crippen LogP contribution in [0.25, 0.3) is 0 Å². The number of hydrogen-bond donors (Lipinski definition) is 0. The van der Waals surface area contributed by atoms with Crippen molar-refractivity contribution in [1.82, 2.24) is 9.97 Å². The normalized spacial score (nSPS) is 10.3. The van der Waals surface area contributed by atoms with Crippen molar-refractivity contribution < 1.29 is 4.74 Å². The predicted molar refractivity (Wildman–Crippen MR) is 73.6 cm³/mol. The Kier molecular flexibility index (Phi) is 6.37. The largest absolute Gasteiger partial charge is 0.483 e. The van der Waals surface area contributed by atoms with E-state index in [2.05, 4.69) is 16.9 Å². The van der Waals surface area contributed by atoms with Gasteiger partial charge in [0.25, 0.3) is 0 Å². The Bertz CT molecular complexity index is 385. The summed E-state index contributed by atoms with van der Waals surface area (Å²) in [5, 5.41) is 0.738. The molecule has 3 nitrogen and oxygen atoms in total. The van der Waals surface area contributed by atoms with E-state index in [1.54, 1.807) is 6.20 Å². The molecule has 0 spiro atoms. The van der Waals surface area contributed by atoms with Gasteiger partial charge >= 0.3 is 0 Å². The summed E-state index contributed by atoms with van der Waals surface area (Å²) < 4.78 is 5.21. The second-order valence-electron chi connectivity index (χ2n) is 3.67. The standard InChI is InChI=1S/C12H17ClN2OS/c1-3-5-6-7-10-14-8-9(11(13)15-10)12(17)16-4-2/h8H,3-7H2,1-2H3. The zero-order chi connectivity index (χ0) is 12.7. The third-order valence-corrected chi connectivity index (χ3v) is 2.92. The van der Waals surface area contributed by atoms with Gasteiger partial charge in [-0.25, -0.2) is 9.97 Å². The predicted octanol–water partition coefficient (Wildman–Crippen LogP) is 3.57. The molecule has 0 saturated carbocycles. The van der Waals surface area contributed by atoms with E-state index in [-0.39, 0.29) is 0 Å². The van der Waals surface area contributed by atoms with E-state index >= 15 is 0 Å². The van der Waals surface area contributed by atoms with Gasteiger partial charge in [-0.15, -0.1) is 0 Å². The Morgan fingerprint density at radius 2 is 2.18 bits per heavy atom. The molecule has 0 fully saturated rings. The highest BCUT2D eigenvalue weighted by Gasteiger charge is 2.10. The molecule has 0 radical (unpaired) electrons. The molecule has 0 bridgehead atoms. The molecule has 0 aliphatic carbocycles. The van der Waals surface area contributed by atoms with Gasteiger partial charge in [0.1, 0.15) is 11.0 Å². The quantitative estimate of drug-likeness (QED) is 0.450. The van der Waals surface area contributed by atoms with Crippen LogP contribution in [-0.2, 0) is 11.2 Å². The van der Waals surface area contributed by atoms with Crippen LogP contribution in [0.15, 0.2) is 6.20 Å². The average molecular weight is 273 g/mol. The van der Waals surface area contributed by atoms with Gasteiger partial charge < -0.3 is 4.74 Å². The highest BCUT2D eigenvalue weighted by atomic mass is 35.5. The van der Waals surface area contributed by atoms with Crippen LogP contribution < -0.4 is 0 Å². The number of halogens is 1. The lowest BCUT2D eigenvalue weighted by Crippen LogP contribution is -2.07. The van der Waals surface area contributed by atoms with Gasteiger partial charge in [0.05, 0.1) is 12.2 Å². The van der Waals surface area contributed by atoms with Gasteiger partial charge in [0.15, 0.2) is 5.05 Å². The molecule has 1 aromatic rings. The van der Waals surface area contributed by atoms with E-state index in [1.807, 2.05) is 6.92 Å². The van der Waals surface area contributed by atoms with E-state index in [0.717, 1.165) is 18.7 Å². The van der Waals surface area contributed by atoms with Crippen molar-refractivity contribution in [2.45, 2.75) is 39.5 Å². The average Bonchev–Trinajstić information content (AvgIpc) is 2.29. The Balaban J connectivity index is 2.68. The van der Waals surface area contributed by atoms with Crippen LogP contribution in [0.4, 0.5) is 0 Å². The minimum atomic E-state index is 0.359. The molecule has 0 atom stereocenters. The summed E-state index contributed by atoms with van der Waals surface area (Å²) in [5.41, 5.74) is 0.600. The third-order valence-electron chi connectivity index (χ3n) is 2.29. The van der Waals surface area contributed by atoms with Gasteiger partial charge in [-0.05, 0) is 25.6 Å². The number of aromatic nitrogens is 2. The highest BCUT2D eigenvalue weighted by Crippen LogP contribution is 2.15. The smallest absolute Gasteiger partial charge is 0.195 e. The van der Waals surface area contributed by atoms with Crippen LogP contribution in [0.5, 0.6) is 0 Å². The first-order valence-electron chi connectivity index (χ1n) is 5.87. The molecule has 1 aromatic heterocycles. The van der Waals surface area contributed by atoms with Crippen LogP contribution in [0.3, 0.4) is 0 Å². The summed E-state index contributed by atoms with van der Waals surface area (Å²) in [7, 11) is 0. The van der Waals surface area contributed by atoms with Crippen LogP contribution >= 0.6 is 23.8 Å². The van der Waals surface area contributed by atoms with Gasteiger partial charge in [0.2, 0.25) is 0 Å². The molecule has 0 saturated heterocycles. The van der Waals surface area contributed by atoms with Gasteiger partial charge in [0, 0.05) is 12.6 Å². The molecule has 94 valence electrons. The Labute approximate surface area is 113 Å². The van der Waals surface area contributed by atoms with Crippen molar-refractivity contribution >= 4 is 28.9 Å². The number of thiocarbonyl (C=S) groups is 1. The number of aryl methyl sites for hydroxylation is 1. The van der Waals surface area contributed by atoms with Crippen molar-refractivity contribution in [3.05, 3.63) is 22.7 Å². The van der Waals surface area contributed by atoms with Crippen LogP contribution in [-0.4, -0.2) is 21.6 Å². The summed E-state index contributed by atoms with van der Waals surface area (Å²) in [5.74, 6) is 0.770. The van der Waals surface area contributed by atoms with Crippen LogP contribution in [0.2, 0.25) is 5.15 Å². The van der Waals surface area contributed by atoms with Crippen LogP contribution in [0, 0.1) is 0 Å². The lowest BCUT2D eigenvalue weighted by Gasteiger charge is -2.07. The Hall–Kier alpha value is -0.740.